The van der Waals surface area contributed by atoms with Crippen LogP contribution in [0.3, 0.4) is 0 Å². The summed E-state index contributed by atoms with van der Waals surface area (Å²) >= 11 is 5.95. The van der Waals surface area contributed by atoms with Crippen LogP contribution in [0.5, 0.6) is 0 Å². The van der Waals surface area contributed by atoms with Crippen molar-refractivity contribution < 1.29 is 22.8 Å². The van der Waals surface area contributed by atoms with Crippen LogP contribution >= 0.6 is 11.6 Å². The van der Waals surface area contributed by atoms with E-state index in [1.165, 1.54) is 6.07 Å². The second-order valence-electron chi connectivity index (χ2n) is 6.70. The molecule has 164 valence electrons. The summed E-state index contributed by atoms with van der Waals surface area (Å²) in [5.41, 5.74) is 2.05. The Morgan fingerprint density at radius 1 is 1.29 bits per heavy atom. The molecule has 1 heterocycles. The summed E-state index contributed by atoms with van der Waals surface area (Å²) < 4.78 is 40.8. The molecule has 3 rings (SSSR count). The Kier molecular flexibility index (Phi) is 6.40. The normalized spacial score (nSPS) is 12.5. The highest BCUT2D eigenvalue weighted by Crippen LogP contribution is 2.37. The number of anilines is 1. The van der Waals surface area contributed by atoms with Crippen LogP contribution in [0.15, 0.2) is 36.4 Å². The van der Waals surface area contributed by atoms with Gasteiger partial charge in [0.25, 0.3) is 5.91 Å². The monoisotopic (exact) mass is 453 g/mol. The highest BCUT2D eigenvalue weighted by atomic mass is 35.5. The number of aromatic nitrogens is 2. The molecule has 7 nitrogen and oxygen atoms in total. The summed E-state index contributed by atoms with van der Waals surface area (Å²) in [4.78, 5) is 30.7. The Labute approximate surface area is 180 Å². The van der Waals surface area contributed by atoms with Gasteiger partial charge in [0.2, 0.25) is 6.41 Å². The molecule has 0 fully saturated rings. The number of nitrogens with zero attached hydrogens (tertiary/aromatic N) is 2. The Morgan fingerprint density at radius 3 is 2.68 bits per heavy atom. The molecule has 11 heteroatoms. The molecule has 0 aliphatic heterocycles. The summed E-state index contributed by atoms with van der Waals surface area (Å²) in [6.07, 6.45) is -4.44. The number of hydrogen-bond donors (Lipinski definition) is 3. The molecule has 0 unspecified atom stereocenters. The van der Waals surface area contributed by atoms with Gasteiger partial charge in [0.15, 0.2) is 0 Å². The van der Waals surface area contributed by atoms with Gasteiger partial charge in [-0.3, -0.25) is 20.0 Å². The highest BCUT2D eigenvalue weighted by Gasteiger charge is 2.36. The molecular weight excluding hydrogens is 435 g/mol. The van der Waals surface area contributed by atoms with Gasteiger partial charge in [-0.15, -0.1) is 0 Å². The minimum atomic E-state index is -4.73. The Morgan fingerprint density at radius 2 is 2.03 bits per heavy atom. The molecule has 3 N–H and O–H groups in total. The topological polar surface area (TPSA) is 90.1 Å². The van der Waals surface area contributed by atoms with Crippen molar-refractivity contribution in [2.75, 3.05) is 11.6 Å². The number of benzene rings is 2. The fraction of sp³-hybridized carbons (Fsp3) is 0.250. The lowest BCUT2D eigenvalue weighted by atomic mass is 10.1. The first-order chi connectivity index (χ1) is 14.6. The molecule has 0 bridgehead atoms. The quantitative estimate of drug-likeness (QED) is 0.369. The van der Waals surface area contributed by atoms with Crippen molar-refractivity contribution in [2.45, 2.75) is 26.1 Å². The summed E-state index contributed by atoms with van der Waals surface area (Å²) in [7, 11) is 0. The van der Waals surface area contributed by atoms with Crippen molar-refractivity contribution in [3.63, 3.8) is 0 Å². The molecule has 0 saturated heterocycles. The Bertz CT molecular complexity index is 1120. The minimum Gasteiger partial charge on any atom is -0.342 e. The van der Waals surface area contributed by atoms with Gasteiger partial charge in [0.1, 0.15) is 5.82 Å². The van der Waals surface area contributed by atoms with Crippen molar-refractivity contribution in [1.82, 2.24) is 20.7 Å². The molecule has 31 heavy (non-hydrogen) atoms. The van der Waals surface area contributed by atoms with Crippen molar-refractivity contribution in [3.05, 3.63) is 58.4 Å². The van der Waals surface area contributed by atoms with Gasteiger partial charge >= 0.3 is 6.18 Å². The standard InChI is InChI=1S/C20H19ClF3N5O2/c1-3-29(25-10-30)17-7-4-12(8-14(17)20(22,23)24)19(31)26-11(2)18-27-15-6-5-13(21)9-16(15)28-18/h4-11H,3H2,1-2H3,(H,25,30)(H,26,31)(H,27,28)/t11-/m0/s1. The molecule has 0 saturated carbocycles. The van der Waals surface area contributed by atoms with Gasteiger partial charge in [-0.2, -0.15) is 13.2 Å². The van der Waals surface area contributed by atoms with Crippen LogP contribution in [-0.4, -0.2) is 28.8 Å². The van der Waals surface area contributed by atoms with E-state index in [1.54, 1.807) is 32.0 Å². The van der Waals surface area contributed by atoms with Crippen LogP contribution in [0.25, 0.3) is 11.0 Å². The molecule has 2 amide bonds. The molecule has 1 aromatic heterocycles. The van der Waals surface area contributed by atoms with E-state index in [1.807, 2.05) is 0 Å². The largest absolute Gasteiger partial charge is 0.418 e. The Hall–Kier alpha value is -3.27. The van der Waals surface area contributed by atoms with E-state index in [2.05, 4.69) is 20.7 Å². The number of nitrogens with one attached hydrogen (secondary N) is 3. The van der Waals surface area contributed by atoms with Gasteiger partial charge < -0.3 is 10.3 Å². The van der Waals surface area contributed by atoms with E-state index >= 15 is 0 Å². The number of fused-ring (bicyclic) bond motifs is 1. The van der Waals surface area contributed by atoms with E-state index < -0.39 is 23.7 Å². The van der Waals surface area contributed by atoms with Gasteiger partial charge in [-0.05, 0) is 50.2 Å². The zero-order chi connectivity index (χ0) is 22.8. The maximum atomic E-state index is 13.6. The average Bonchev–Trinajstić information content (AvgIpc) is 3.14. The number of amides is 2. The molecule has 2 aromatic carbocycles. The van der Waals surface area contributed by atoms with Gasteiger partial charge in [-0.1, -0.05) is 11.6 Å². The number of halogens is 4. The lowest BCUT2D eigenvalue weighted by molar-refractivity contribution is -0.137. The molecule has 0 radical (unpaired) electrons. The van der Waals surface area contributed by atoms with Crippen LogP contribution in [0, 0.1) is 0 Å². The minimum absolute atomic E-state index is 0.0977. The summed E-state index contributed by atoms with van der Waals surface area (Å²) in [5, 5.41) is 4.20. The van der Waals surface area contributed by atoms with E-state index in [0.29, 0.717) is 21.9 Å². The van der Waals surface area contributed by atoms with Gasteiger partial charge in [-0.25, -0.2) is 4.98 Å². The van der Waals surface area contributed by atoms with E-state index in [-0.39, 0.29) is 24.2 Å². The number of H-pyrrole nitrogens is 1. The van der Waals surface area contributed by atoms with E-state index in [0.717, 1.165) is 17.1 Å². The second-order valence-corrected chi connectivity index (χ2v) is 7.14. The first-order valence-electron chi connectivity index (χ1n) is 9.28. The van der Waals surface area contributed by atoms with Crippen molar-refractivity contribution >= 4 is 40.6 Å². The van der Waals surface area contributed by atoms with Crippen molar-refractivity contribution in [2.24, 2.45) is 0 Å². The van der Waals surface area contributed by atoms with Gasteiger partial charge in [0, 0.05) is 17.1 Å². The number of hydrazine groups is 1. The van der Waals surface area contributed by atoms with Crippen LogP contribution in [0.1, 0.15) is 41.6 Å². The maximum Gasteiger partial charge on any atom is 0.418 e. The van der Waals surface area contributed by atoms with Gasteiger partial charge in [0.05, 0.1) is 28.3 Å². The number of hydrogen-bond acceptors (Lipinski definition) is 4. The number of carbonyl (C=O) groups is 2. The first kappa shape index (κ1) is 22.4. The van der Waals surface area contributed by atoms with Crippen molar-refractivity contribution in [1.29, 1.82) is 0 Å². The predicted molar refractivity (Wildman–Crippen MR) is 111 cm³/mol. The first-order valence-corrected chi connectivity index (χ1v) is 9.66. The number of aromatic amines is 1. The molecule has 1 atom stereocenters. The maximum absolute atomic E-state index is 13.6. The highest BCUT2D eigenvalue weighted by molar-refractivity contribution is 6.31. The van der Waals surface area contributed by atoms with Crippen LogP contribution in [-0.2, 0) is 11.0 Å². The van der Waals surface area contributed by atoms with Crippen LogP contribution in [0.4, 0.5) is 18.9 Å². The summed E-state index contributed by atoms with van der Waals surface area (Å²) in [6.45, 7) is 3.34. The molecule has 3 aromatic rings. The smallest absolute Gasteiger partial charge is 0.342 e. The fourth-order valence-electron chi connectivity index (χ4n) is 3.09. The fourth-order valence-corrected chi connectivity index (χ4v) is 3.26. The predicted octanol–water partition coefficient (Wildman–Crippen LogP) is 4.21. The molecular formula is C20H19ClF3N5O2. The second kappa shape index (κ2) is 8.84. The average molecular weight is 454 g/mol. The van der Waals surface area contributed by atoms with Crippen LogP contribution < -0.4 is 15.8 Å². The molecule has 0 aliphatic carbocycles. The number of rotatable bonds is 7. The van der Waals surface area contributed by atoms with E-state index in [9.17, 15) is 22.8 Å². The summed E-state index contributed by atoms with van der Waals surface area (Å²) in [5.74, 6) is -0.264. The van der Waals surface area contributed by atoms with E-state index in [4.69, 9.17) is 11.6 Å². The SMILES string of the molecule is CCN(NC=O)c1ccc(C(=O)N[C@@H](C)c2nc3ccc(Cl)cc3[nH]2)cc1C(F)(F)F. The molecule has 0 aliphatic rings. The Balaban J connectivity index is 1.87. The zero-order valence-corrected chi connectivity index (χ0v) is 17.3. The number of carbonyl (C=O) groups excluding carboxylic acids is 2. The third-order valence-electron chi connectivity index (χ3n) is 4.60. The number of alkyl halides is 3. The summed E-state index contributed by atoms with van der Waals surface area (Å²) in [6, 6.07) is 7.64. The third-order valence-corrected chi connectivity index (χ3v) is 4.83. The van der Waals surface area contributed by atoms with Crippen molar-refractivity contribution in [3.8, 4) is 0 Å². The lowest BCUT2D eigenvalue weighted by Crippen LogP contribution is -2.38. The number of imidazole rings is 1. The zero-order valence-electron chi connectivity index (χ0n) is 16.5. The van der Waals surface area contributed by atoms with Crippen LogP contribution in [0.2, 0.25) is 5.02 Å². The third kappa shape index (κ3) is 4.91. The lowest BCUT2D eigenvalue weighted by Gasteiger charge is -2.25. The molecule has 0 spiro atoms.